The van der Waals surface area contributed by atoms with Crippen LogP contribution in [-0.2, 0) is 10.0 Å². The Morgan fingerprint density at radius 2 is 2.16 bits per heavy atom. The highest BCUT2D eigenvalue weighted by Gasteiger charge is 2.21. The highest BCUT2D eigenvalue weighted by Crippen LogP contribution is 2.20. The zero-order valence-electron chi connectivity index (χ0n) is 10.2. The standard InChI is InChI=1S/C11H13FN2O4S/c1-2-3-4-7-13-19(17,18)11-8-9(14(15)16)5-6-10(11)12/h2-3,5-6,8,13H,4,7H2,1H3/b3-2+. The van der Waals surface area contributed by atoms with Gasteiger partial charge in [-0.3, -0.25) is 10.1 Å². The van der Waals surface area contributed by atoms with Gasteiger partial charge in [0.15, 0.2) is 0 Å². The monoisotopic (exact) mass is 288 g/mol. The Kier molecular flexibility index (Phi) is 5.13. The lowest BCUT2D eigenvalue weighted by Crippen LogP contribution is -2.25. The maximum atomic E-state index is 13.4. The van der Waals surface area contributed by atoms with Crippen molar-refractivity contribution in [2.24, 2.45) is 0 Å². The first-order valence-electron chi connectivity index (χ1n) is 5.43. The summed E-state index contributed by atoms with van der Waals surface area (Å²) in [6, 6.07) is 2.38. The largest absolute Gasteiger partial charge is 0.270 e. The summed E-state index contributed by atoms with van der Waals surface area (Å²) in [7, 11) is -4.09. The van der Waals surface area contributed by atoms with Gasteiger partial charge in [0, 0.05) is 18.7 Å². The third kappa shape index (κ3) is 4.11. The topological polar surface area (TPSA) is 89.3 Å². The van der Waals surface area contributed by atoms with Gasteiger partial charge in [-0.15, -0.1) is 0 Å². The number of nitro benzene ring substituents is 1. The summed E-state index contributed by atoms with van der Waals surface area (Å²) >= 11 is 0. The molecule has 0 fully saturated rings. The fourth-order valence-electron chi connectivity index (χ4n) is 1.33. The van der Waals surface area contributed by atoms with E-state index in [1.54, 1.807) is 19.1 Å². The smallest absolute Gasteiger partial charge is 0.258 e. The zero-order chi connectivity index (χ0) is 14.5. The first-order valence-corrected chi connectivity index (χ1v) is 6.91. The van der Waals surface area contributed by atoms with Crippen molar-refractivity contribution < 1.29 is 17.7 Å². The van der Waals surface area contributed by atoms with Gasteiger partial charge in [0.25, 0.3) is 5.69 Å². The molecular formula is C11H13FN2O4S. The Morgan fingerprint density at radius 1 is 1.47 bits per heavy atom. The van der Waals surface area contributed by atoms with Crippen molar-refractivity contribution in [1.82, 2.24) is 4.72 Å². The van der Waals surface area contributed by atoms with E-state index in [4.69, 9.17) is 0 Å². The van der Waals surface area contributed by atoms with Crippen LogP contribution in [0.2, 0.25) is 0 Å². The quantitative estimate of drug-likeness (QED) is 0.375. The fourth-order valence-corrected chi connectivity index (χ4v) is 2.48. The highest BCUT2D eigenvalue weighted by atomic mass is 32.2. The number of nitrogens with one attached hydrogen (secondary N) is 1. The molecule has 0 heterocycles. The van der Waals surface area contributed by atoms with Crippen LogP contribution >= 0.6 is 0 Å². The van der Waals surface area contributed by atoms with Crippen LogP contribution in [0.1, 0.15) is 13.3 Å². The lowest BCUT2D eigenvalue weighted by molar-refractivity contribution is -0.385. The van der Waals surface area contributed by atoms with Crippen molar-refractivity contribution in [2.75, 3.05) is 6.54 Å². The SMILES string of the molecule is C/C=C/CCNS(=O)(=O)c1cc([N+](=O)[O-])ccc1F. The van der Waals surface area contributed by atoms with Crippen molar-refractivity contribution >= 4 is 15.7 Å². The summed E-state index contributed by atoms with van der Waals surface area (Å²) in [5, 5.41) is 10.5. The van der Waals surface area contributed by atoms with Gasteiger partial charge in [0.1, 0.15) is 10.7 Å². The van der Waals surface area contributed by atoms with Crippen molar-refractivity contribution in [3.8, 4) is 0 Å². The molecule has 19 heavy (non-hydrogen) atoms. The minimum atomic E-state index is -4.09. The van der Waals surface area contributed by atoms with E-state index in [-0.39, 0.29) is 6.54 Å². The molecule has 8 heteroatoms. The Morgan fingerprint density at radius 3 is 2.74 bits per heavy atom. The van der Waals surface area contributed by atoms with E-state index in [1.165, 1.54) is 0 Å². The molecule has 104 valence electrons. The number of halogens is 1. The molecule has 0 amide bonds. The Labute approximate surface area is 110 Å². The molecule has 0 unspecified atom stereocenters. The molecule has 0 atom stereocenters. The molecule has 1 aromatic rings. The van der Waals surface area contributed by atoms with Crippen LogP contribution in [0.15, 0.2) is 35.2 Å². The summed E-state index contributed by atoms with van der Waals surface area (Å²) in [6.07, 6.45) is 3.95. The van der Waals surface area contributed by atoms with Crippen LogP contribution in [0.25, 0.3) is 0 Å². The van der Waals surface area contributed by atoms with Gasteiger partial charge < -0.3 is 0 Å². The van der Waals surface area contributed by atoms with E-state index in [9.17, 15) is 22.9 Å². The molecule has 0 aliphatic carbocycles. The Balaban J connectivity index is 3.00. The van der Waals surface area contributed by atoms with E-state index >= 15 is 0 Å². The Bertz CT molecular complexity index is 599. The lowest BCUT2D eigenvalue weighted by Gasteiger charge is -2.06. The molecular weight excluding hydrogens is 275 g/mol. The van der Waals surface area contributed by atoms with Gasteiger partial charge in [-0.25, -0.2) is 17.5 Å². The number of allylic oxidation sites excluding steroid dienone is 1. The first kappa shape index (κ1) is 15.3. The predicted octanol–water partition coefficient (Wildman–Crippen LogP) is 1.98. The molecule has 0 spiro atoms. The minimum absolute atomic E-state index is 0.0921. The number of benzene rings is 1. The third-order valence-electron chi connectivity index (χ3n) is 2.25. The van der Waals surface area contributed by atoms with Crippen LogP contribution in [0.5, 0.6) is 0 Å². The van der Waals surface area contributed by atoms with E-state index in [0.717, 1.165) is 12.1 Å². The molecule has 0 saturated carbocycles. The summed E-state index contributed by atoms with van der Waals surface area (Å²) in [4.78, 5) is 9.05. The molecule has 0 saturated heterocycles. The van der Waals surface area contributed by atoms with E-state index in [1.807, 2.05) is 0 Å². The van der Waals surface area contributed by atoms with Gasteiger partial charge in [-0.1, -0.05) is 12.2 Å². The summed E-state index contributed by atoms with van der Waals surface area (Å²) < 4.78 is 39.2. The normalized spacial score (nSPS) is 11.9. The number of hydrogen-bond donors (Lipinski definition) is 1. The van der Waals surface area contributed by atoms with E-state index in [2.05, 4.69) is 4.72 Å². The van der Waals surface area contributed by atoms with Gasteiger partial charge in [-0.2, -0.15) is 0 Å². The van der Waals surface area contributed by atoms with Gasteiger partial charge in [0.05, 0.1) is 4.92 Å². The molecule has 0 radical (unpaired) electrons. The third-order valence-corrected chi connectivity index (χ3v) is 3.73. The highest BCUT2D eigenvalue weighted by molar-refractivity contribution is 7.89. The average Bonchev–Trinajstić information content (AvgIpc) is 2.34. The molecule has 1 aromatic carbocycles. The van der Waals surface area contributed by atoms with Crippen LogP contribution < -0.4 is 4.72 Å². The second kappa shape index (κ2) is 6.39. The lowest BCUT2D eigenvalue weighted by atomic mass is 10.3. The van der Waals surface area contributed by atoms with E-state index in [0.29, 0.717) is 12.5 Å². The van der Waals surface area contributed by atoms with Crippen LogP contribution in [0.3, 0.4) is 0 Å². The summed E-state index contributed by atoms with van der Waals surface area (Å²) in [6.45, 7) is 1.88. The number of sulfonamides is 1. The molecule has 1 N–H and O–H groups in total. The number of non-ortho nitro benzene ring substituents is 1. The van der Waals surface area contributed by atoms with Crippen LogP contribution in [0, 0.1) is 15.9 Å². The fraction of sp³-hybridized carbons (Fsp3) is 0.273. The van der Waals surface area contributed by atoms with Crippen molar-refractivity contribution in [1.29, 1.82) is 0 Å². The zero-order valence-corrected chi connectivity index (χ0v) is 11.0. The molecule has 0 aliphatic rings. The molecule has 1 rings (SSSR count). The summed E-state index contributed by atoms with van der Waals surface area (Å²) in [5.41, 5.74) is -0.477. The number of rotatable bonds is 6. The first-order chi connectivity index (χ1) is 8.88. The van der Waals surface area contributed by atoms with E-state index < -0.39 is 31.3 Å². The van der Waals surface area contributed by atoms with Gasteiger partial charge in [0.2, 0.25) is 10.0 Å². The molecule has 0 aliphatic heterocycles. The van der Waals surface area contributed by atoms with Crippen molar-refractivity contribution in [2.45, 2.75) is 18.2 Å². The van der Waals surface area contributed by atoms with Crippen molar-refractivity contribution in [3.05, 3.63) is 46.3 Å². The molecule has 0 bridgehead atoms. The van der Waals surface area contributed by atoms with Crippen molar-refractivity contribution in [3.63, 3.8) is 0 Å². The van der Waals surface area contributed by atoms with Crippen LogP contribution in [0.4, 0.5) is 10.1 Å². The number of nitrogens with zero attached hydrogens (tertiary/aromatic N) is 1. The van der Waals surface area contributed by atoms with Crippen LogP contribution in [-0.4, -0.2) is 19.9 Å². The maximum absolute atomic E-state index is 13.4. The molecule has 0 aromatic heterocycles. The predicted molar refractivity (Wildman–Crippen MR) is 67.7 cm³/mol. The Hall–Kier alpha value is -1.80. The molecule has 6 nitrogen and oxygen atoms in total. The average molecular weight is 288 g/mol. The summed E-state index contributed by atoms with van der Waals surface area (Å²) in [5.74, 6) is -1.02. The van der Waals surface area contributed by atoms with Gasteiger partial charge >= 0.3 is 0 Å². The minimum Gasteiger partial charge on any atom is -0.258 e. The second-order valence-electron chi connectivity index (χ2n) is 3.63. The number of nitro groups is 1. The van der Waals surface area contributed by atoms with Gasteiger partial charge in [-0.05, 0) is 19.4 Å². The number of hydrogen-bond acceptors (Lipinski definition) is 4. The maximum Gasteiger partial charge on any atom is 0.270 e. The second-order valence-corrected chi connectivity index (χ2v) is 5.36.